The van der Waals surface area contributed by atoms with E-state index in [9.17, 15) is 9.59 Å². The molecule has 122 valence electrons. The van der Waals surface area contributed by atoms with Gasteiger partial charge in [-0.2, -0.15) is 0 Å². The number of likely N-dealkylation sites (tertiary alicyclic amines) is 1. The molecule has 1 fully saturated rings. The van der Waals surface area contributed by atoms with Crippen molar-refractivity contribution < 1.29 is 23.8 Å². The number of carbonyl (C=O) groups is 2. The van der Waals surface area contributed by atoms with E-state index in [0.29, 0.717) is 32.8 Å². The zero-order valence-electron chi connectivity index (χ0n) is 13.7. The van der Waals surface area contributed by atoms with Gasteiger partial charge in [0.15, 0.2) is 0 Å². The first kappa shape index (κ1) is 17.9. The van der Waals surface area contributed by atoms with Gasteiger partial charge in [-0.15, -0.1) is 0 Å². The molecule has 1 saturated heterocycles. The molecule has 0 aromatic carbocycles. The second kappa shape index (κ2) is 7.75. The molecule has 0 spiro atoms. The minimum Gasteiger partial charge on any atom is -0.469 e. The van der Waals surface area contributed by atoms with Gasteiger partial charge in [-0.3, -0.25) is 9.59 Å². The Morgan fingerprint density at radius 2 is 2.05 bits per heavy atom. The maximum absolute atomic E-state index is 12.5. The van der Waals surface area contributed by atoms with Gasteiger partial charge in [0.25, 0.3) is 0 Å². The van der Waals surface area contributed by atoms with Crippen LogP contribution in [0.15, 0.2) is 0 Å². The number of carbonyl (C=O) groups excluding carboxylic acids is 2. The maximum Gasteiger partial charge on any atom is 0.310 e. The van der Waals surface area contributed by atoms with Gasteiger partial charge in [-0.05, 0) is 13.3 Å². The third kappa shape index (κ3) is 4.68. The summed E-state index contributed by atoms with van der Waals surface area (Å²) in [5.74, 6) is -0.470. The molecule has 6 nitrogen and oxygen atoms in total. The van der Waals surface area contributed by atoms with Crippen molar-refractivity contribution in [2.75, 3.05) is 40.6 Å². The Morgan fingerprint density at radius 3 is 2.62 bits per heavy atom. The minimum absolute atomic E-state index is 0.0606. The summed E-state index contributed by atoms with van der Waals surface area (Å²) in [6.07, 6.45) is 0.520. The first-order valence-electron chi connectivity index (χ1n) is 7.29. The lowest BCUT2D eigenvalue weighted by Gasteiger charge is -2.43. The van der Waals surface area contributed by atoms with Crippen LogP contribution in [0.5, 0.6) is 0 Å². The van der Waals surface area contributed by atoms with Crippen molar-refractivity contribution in [3.05, 3.63) is 0 Å². The number of rotatable bonds is 7. The third-order valence-corrected chi connectivity index (χ3v) is 3.87. The van der Waals surface area contributed by atoms with Gasteiger partial charge in [0.2, 0.25) is 5.91 Å². The molecule has 1 rings (SSSR count). The topological polar surface area (TPSA) is 65.1 Å². The Bertz CT molecular complexity index is 369. The molecule has 0 radical (unpaired) electrons. The smallest absolute Gasteiger partial charge is 0.310 e. The molecule has 1 heterocycles. The normalized spacial score (nSPS) is 23.0. The highest BCUT2D eigenvalue weighted by molar-refractivity contribution is 5.85. The van der Waals surface area contributed by atoms with E-state index in [1.807, 2.05) is 20.8 Å². The van der Waals surface area contributed by atoms with Gasteiger partial charge in [0.05, 0.1) is 38.9 Å². The van der Waals surface area contributed by atoms with Crippen molar-refractivity contribution >= 4 is 11.9 Å². The van der Waals surface area contributed by atoms with Crippen LogP contribution in [0.2, 0.25) is 0 Å². The van der Waals surface area contributed by atoms with Crippen molar-refractivity contribution in [1.29, 1.82) is 0 Å². The van der Waals surface area contributed by atoms with Gasteiger partial charge in [-0.25, -0.2) is 0 Å². The zero-order valence-corrected chi connectivity index (χ0v) is 13.7. The van der Waals surface area contributed by atoms with Crippen LogP contribution in [0, 0.1) is 11.3 Å². The van der Waals surface area contributed by atoms with Crippen LogP contribution >= 0.6 is 0 Å². The number of esters is 1. The summed E-state index contributed by atoms with van der Waals surface area (Å²) < 4.78 is 15.2. The largest absolute Gasteiger partial charge is 0.469 e. The molecule has 6 heteroatoms. The Balaban J connectivity index is 2.68. The number of methoxy groups -OCH3 is 2. The second-order valence-electron chi connectivity index (χ2n) is 6.18. The molecule has 21 heavy (non-hydrogen) atoms. The van der Waals surface area contributed by atoms with Crippen LogP contribution in [0.25, 0.3) is 0 Å². The van der Waals surface area contributed by atoms with Crippen molar-refractivity contribution in [1.82, 2.24) is 4.90 Å². The molecule has 2 unspecified atom stereocenters. The molecular formula is C15H27NO5. The maximum atomic E-state index is 12.5. The van der Waals surface area contributed by atoms with Crippen LogP contribution in [-0.4, -0.2) is 63.4 Å². The predicted molar refractivity (Wildman–Crippen MR) is 77.8 cm³/mol. The van der Waals surface area contributed by atoms with E-state index in [1.165, 1.54) is 7.11 Å². The standard InChI is InChI=1S/C15H27NO5/c1-11(10-21-7-6-19-4)16-9-12(13(17)20-5)8-15(2,3)14(16)18/h11-12H,6-10H2,1-5H3. The van der Waals surface area contributed by atoms with E-state index >= 15 is 0 Å². The Labute approximate surface area is 126 Å². The van der Waals surface area contributed by atoms with Crippen molar-refractivity contribution in [2.45, 2.75) is 33.2 Å². The first-order valence-corrected chi connectivity index (χ1v) is 7.29. The first-order chi connectivity index (χ1) is 9.83. The summed E-state index contributed by atoms with van der Waals surface area (Å²) in [6.45, 7) is 7.51. The highest BCUT2D eigenvalue weighted by Crippen LogP contribution is 2.35. The molecule has 0 saturated carbocycles. The van der Waals surface area contributed by atoms with Crippen molar-refractivity contribution in [3.63, 3.8) is 0 Å². The fraction of sp³-hybridized carbons (Fsp3) is 0.867. The van der Waals surface area contributed by atoms with E-state index in [2.05, 4.69) is 0 Å². The third-order valence-electron chi connectivity index (χ3n) is 3.87. The molecule has 0 aromatic rings. The fourth-order valence-corrected chi connectivity index (χ4v) is 2.67. The summed E-state index contributed by atoms with van der Waals surface area (Å²) >= 11 is 0. The lowest BCUT2D eigenvalue weighted by Crippen LogP contribution is -2.55. The van der Waals surface area contributed by atoms with Crippen LogP contribution in [0.4, 0.5) is 0 Å². The molecule has 0 aromatic heterocycles. The number of ether oxygens (including phenoxy) is 3. The lowest BCUT2D eigenvalue weighted by atomic mass is 9.77. The summed E-state index contributed by atoms with van der Waals surface area (Å²) in [5.41, 5.74) is -0.558. The Hall–Kier alpha value is -1.14. The number of piperidine rings is 1. The number of amides is 1. The summed E-state index contributed by atoms with van der Waals surface area (Å²) in [7, 11) is 3.00. The quantitative estimate of drug-likeness (QED) is 0.520. The SMILES string of the molecule is COCCOCC(C)N1CC(C(=O)OC)CC(C)(C)C1=O. The van der Waals surface area contributed by atoms with E-state index in [1.54, 1.807) is 12.0 Å². The summed E-state index contributed by atoms with van der Waals surface area (Å²) in [5, 5.41) is 0. The second-order valence-corrected chi connectivity index (χ2v) is 6.18. The van der Waals surface area contributed by atoms with E-state index in [-0.39, 0.29) is 23.8 Å². The van der Waals surface area contributed by atoms with Crippen LogP contribution in [0.3, 0.4) is 0 Å². The fourth-order valence-electron chi connectivity index (χ4n) is 2.67. The van der Waals surface area contributed by atoms with Gasteiger partial charge in [-0.1, -0.05) is 13.8 Å². The number of hydrogen-bond donors (Lipinski definition) is 0. The Morgan fingerprint density at radius 1 is 1.38 bits per heavy atom. The van der Waals surface area contributed by atoms with E-state index in [0.717, 1.165) is 0 Å². The monoisotopic (exact) mass is 301 g/mol. The molecule has 0 aliphatic carbocycles. The van der Waals surface area contributed by atoms with Gasteiger partial charge in [0, 0.05) is 19.1 Å². The van der Waals surface area contributed by atoms with E-state index in [4.69, 9.17) is 14.2 Å². The molecule has 1 aliphatic heterocycles. The van der Waals surface area contributed by atoms with E-state index < -0.39 is 5.41 Å². The zero-order chi connectivity index (χ0) is 16.0. The molecule has 0 bridgehead atoms. The molecular weight excluding hydrogens is 274 g/mol. The van der Waals surface area contributed by atoms with Crippen molar-refractivity contribution in [3.8, 4) is 0 Å². The van der Waals surface area contributed by atoms with Gasteiger partial charge in [0.1, 0.15) is 0 Å². The summed E-state index contributed by atoms with van der Waals surface area (Å²) in [6, 6.07) is -0.0823. The van der Waals surface area contributed by atoms with Crippen LogP contribution in [-0.2, 0) is 23.8 Å². The van der Waals surface area contributed by atoms with Crippen LogP contribution < -0.4 is 0 Å². The molecule has 1 amide bonds. The highest BCUT2D eigenvalue weighted by Gasteiger charge is 2.44. The molecule has 0 N–H and O–H groups in total. The van der Waals surface area contributed by atoms with Gasteiger partial charge < -0.3 is 19.1 Å². The number of nitrogens with zero attached hydrogens (tertiary/aromatic N) is 1. The average molecular weight is 301 g/mol. The summed E-state index contributed by atoms with van der Waals surface area (Å²) in [4.78, 5) is 26.1. The predicted octanol–water partition coefficient (Wildman–Crippen LogP) is 1.09. The van der Waals surface area contributed by atoms with Gasteiger partial charge >= 0.3 is 5.97 Å². The highest BCUT2D eigenvalue weighted by atomic mass is 16.5. The molecule has 1 aliphatic rings. The van der Waals surface area contributed by atoms with Crippen molar-refractivity contribution in [2.24, 2.45) is 11.3 Å². The minimum atomic E-state index is -0.558. The molecule has 2 atom stereocenters. The average Bonchev–Trinajstić information content (AvgIpc) is 2.45. The number of hydrogen-bond acceptors (Lipinski definition) is 5. The van der Waals surface area contributed by atoms with Crippen LogP contribution in [0.1, 0.15) is 27.2 Å². The Kier molecular flexibility index (Phi) is 6.61. The lowest BCUT2D eigenvalue weighted by molar-refractivity contribution is -0.160.